The molecule has 0 aliphatic carbocycles. The Kier molecular flexibility index (Phi) is 6.47. The van der Waals surface area contributed by atoms with Crippen molar-refractivity contribution in [1.82, 2.24) is 19.7 Å². The molecule has 5 rings (SSSR count). The highest BCUT2D eigenvalue weighted by Crippen LogP contribution is 2.47. The van der Waals surface area contributed by atoms with Crippen LogP contribution in [0.3, 0.4) is 0 Å². The Hall–Kier alpha value is -3.05. The standard InChI is InChI=1S/C26H29BrN6O3S/c1-25(2)15-26(3)13-12-19(18-7-4-5-14-28-18)29-21-8-6-9-22(31-21)37(35,36)32-24(34)17-10-11-20(27)30-23(17)33(25)16-26/h4-11,14,19H,12-13,15-16H2,1-3H3,(H,29,31)(H,32,34)/t19-,26?/m0/s1. The van der Waals surface area contributed by atoms with Crippen molar-refractivity contribution in [2.45, 2.75) is 56.6 Å². The van der Waals surface area contributed by atoms with E-state index in [1.165, 1.54) is 6.07 Å². The maximum atomic E-state index is 13.3. The molecule has 1 amide bonds. The van der Waals surface area contributed by atoms with Gasteiger partial charge in [0.15, 0.2) is 5.03 Å². The minimum absolute atomic E-state index is 0.0858. The van der Waals surface area contributed by atoms with Crippen molar-refractivity contribution in [3.63, 3.8) is 0 Å². The highest BCUT2D eigenvalue weighted by molar-refractivity contribution is 9.10. The highest BCUT2D eigenvalue weighted by Gasteiger charge is 2.47. The molecule has 2 N–H and O–H groups in total. The maximum absolute atomic E-state index is 13.3. The van der Waals surface area contributed by atoms with Crippen LogP contribution in [0.15, 0.2) is 64.4 Å². The third-order valence-electron chi connectivity index (χ3n) is 7.10. The zero-order chi connectivity index (χ0) is 26.4. The first kappa shape index (κ1) is 25.6. The van der Waals surface area contributed by atoms with Crippen molar-refractivity contribution in [2.24, 2.45) is 5.41 Å². The topological polar surface area (TPSA) is 117 Å². The van der Waals surface area contributed by atoms with E-state index in [1.54, 1.807) is 30.5 Å². The number of fused-ring (bicyclic) bond motifs is 6. The molecule has 0 radical (unpaired) electrons. The number of anilines is 2. The van der Waals surface area contributed by atoms with Crippen LogP contribution in [-0.2, 0) is 10.0 Å². The van der Waals surface area contributed by atoms with Gasteiger partial charge in [-0.2, -0.15) is 8.42 Å². The molecule has 2 aliphatic heterocycles. The molecule has 0 aromatic carbocycles. The molecule has 1 saturated heterocycles. The van der Waals surface area contributed by atoms with Gasteiger partial charge >= 0.3 is 0 Å². The summed E-state index contributed by atoms with van der Waals surface area (Å²) in [4.78, 5) is 29.0. The van der Waals surface area contributed by atoms with E-state index in [2.05, 4.69) is 66.6 Å². The number of nitrogens with zero attached hydrogens (tertiary/aromatic N) is 4. The van der Waals surface area contributed by atoms with E-state index in [9.17, 15) is 13.2 Å². The van der Waals surface area contributed by atoms with Gasteiger partial charge in [-0.3, -0.25) is 9.78 Å². The second-order valence-electron chi connectivity index (χ2n) is 10.7. The summed E-state index contributed by atoms with van der Waals surface area (Å²) in [6.07, 6.45) is 4.25. The van der Waals surface area contributed by atoms with Crippen LogP contribution in [0.1, 0.15) is 62.1 Å². The number of amides is 1. The molecule has 2 aliphatic rings. The van der Waals surface area contributed by atoms with E-state index in [4.69, 9.17) is 0 Å². The molecule has 4 bridgehead atoms. The van der Waals surface area contributed by atoms with Gasteiger partial charge in [-0.05, 0) is 90.9 Å². The number of halogens is 1. The summed E-state index contributed by atoms with van der Waals surface area (Å²) in [6.45, 7) is 7.18. The minimum atomic E-state index is -4.24. The third kappa shape index (κ3) is 5.19. The maximum Gasteiger partial charge on any atom is 0.281 e. The smallest absolute Gasteiger partial charge is 0.281 e. The summed E-state index contributed by atoms with van der Waals surface area (Å²) >= 11 is 3.43. The van der Waals surface area contributed by atoms with Gasteiger partial charge in [0.2, 0.25) is 0 Å². The second-order valence-corrected chi connectivity index (χ2v) is 13.1. The lowest BCUT2D eigenvalue weighted by Gasteiger charge is -2.33. The quantitative estimate of drug-likeness (QED) is 0.395. The number of carbonyl (C=O) groups excluding carboxylic acids is 1. The molecule has 5 heterocycles. The monoisotopic (exact) mass is 584 g/mol. The molecule has 9 nitrogen and oxygen atoms in total. The fraction of sp³-hybridized carbons (Fsp3) is 0.385. The van der Waals surface area contributed by atoms with E-state index in [-0.39, 0.29) is 27.6 Å². The Labute approximate surface area is 225 Å². The van der Waals surface area contributed by atoms with Gasteiger partial charge in [-0.15, -0.1) is 0 Å². The Balaban J connectivity index is 1.64. The molecule has 2 atom stereocenters. The Morgan fingerprint density at radius 3 is 2.62 bits per heavy atom. The van der Waals surface area contributed by atoms with E-state index in [0.29, 0.717) is 22.8 Å². The largest absolute Gasteiger partial charge is 0.362 e. The van der Waals surface area contributed by atoms with Crippen LogP contribution in [0.5, 0.6) is 0 Å². The van der Waals surface area contributed by atoms with Gasteiger partial charge in [0, 0.05) is 18.3 Å². The number of carbonyl (C=O) groups is 1. The molecule has 1 fully saturated rings. The predicted octanol–water partition coefficient (Wildman–Crippen LogP) is 4.69. The Morgan fingerprint density at radius 2 is 1.86 bits per heavy atom. The molecule has 3 aromatic rings. The summed E-state index contributed by atoms with van der Waals surface area (Å²) in [6, 6.07) is 13.5. The van der Waals surface area contributed by atoms with Crippen LogP contribution >= 0.6 is 15.9 Å². The molecule has 194 valence electrons. The zero-order valence-corrected chi connectivity index (χ0v) is 23.3. The first-order valence-electron chi connectivity index (χ1n) is 12.1. The lowest BCUT2D eigenvalue weighted by Crippen LogP contribution is -2.41. The average Bonchev–Trinajstić information content (AvgIpc) is 3.10. The number of aromatic nitrogens is 3. The average molecular weight is 586 g/mol. The summed E-state index contributed by atoms with van der Waals surface area (Å²) < 4.78 is 29.2. The normalized spacial score (nSPS) is 24.7. The SMILES string of the molecule is CC12CC[C@@H](c3ccccn3)Nc3cccc(n3)S(=O)(=O)NC(=O)c3ccc(Br)nc3N(C1)C(C)(C)C2. The van der Waals surface area contributed by atoms with Crippen LogP contribution in [-0.4, -0.2) is 41.4 Å². The van der Waals surface area contributed by atoms with Crippen LogP contribution in [0.4, 0.5) is 11.6 Å². The first-order chi connectivity index (χ1) is 17.5. The second kappa shape index (κ2) is 9.36. The highest BCUT2D eigenvalue weighted by atomic mass is 79.9. The van der Waals surface area contributed by atoms with Crippen molar-refractivity contribution >= 4 is 43.5 Å². The molecule has 0 saturated carbocycles. The van der Waals surface area contributed by atoms with Crippen molar-refractivity contribution in [3.8, 4) is 0 Å². The Morgan fingerprint density at radius 1 is 1.05 bits per heavy atom. The van der Waals surface area contributed by atoms with Crippen molar-refractivity contribution in [1.29, 1.82) is 0 Å². The first-order valence-corrected chi connectivity index (χ1v) is 14.4. The lowest BCUT2D eigenvalue weighted by atomic mass is 9.79. The molecule has 37 heavy (non-hydrogen) atoms. The van der Waals surface area contributed by atoms with Gasteiger partial charge in [0.25, 0.3) is 15.9 Å². The number of nitrogens with one attached hydrogen (secondary N) is 2. The van der Waals surface area contributed by atoms with Gasteiger partial charge in [0.05, 0.1) is 17.3 Å². The van der Waals surface area contributed by atoms with E-state index >= 15 is 0 Å². The summed E-state index contributed by atoms with van der Waals surface area (Å²) in [7, 11) is -4.24. The van der Waals surface area contributed by atoms with Crippen molar-refractivity contribution in [3.05, 3.63) is 70.6 Å². The zero-order valence-electron chi connectivity index (χ0n) is 20.9. The minimum Gasteiger partial charge on any atom is -0.362 e. The lowest BCUT2D eigenvalue weighted by molar-refractivity contribution is 0.0981. The van der Waals surface area contributed by atoms with Gasteiger partial charge in [0.1, 0.15) is 16.2 Å². The molecule has 1 unspecified atom stereocenters. The molecule has 11 heteroatoms. The summed E-state index contributed by atoms with van der Waals surface area (Å²) in [5.74, 6) is 0.0953. The molecule has 0 spiro atoms. The van der Waals surface area contributed by atoms with Crippen molar-refractivity contribution < 1.29 is 13.2 Å². The number of hydrogen-bond acceptors (Lipinski definition) is 8. The predicted molar refractivity (Wildman–Crippen MR) is 145 cm³/mol. The fourth-order valence-corrected chi connectivity index (χ4v) is 6.79. The van der Waals surface area contributed by atoms with Crippen LogP contribution in [0.25, 0.3) is 0 Å². The third-order valence-corrected chi connectivity index (χ3v) is 8.77. The Bertz CT molecular complexity index is 1450. The number of pyridine rings is 3. The fourth-order valence-electron chi connectivity index (χ4n) is 5.55. The van der Waals surface area contributed by atoms with E-state index in [1.807, 2.05) is 18.2 Å². The summed E-state index contributed by atoms with van der Waals surface area (Å²) in [5.41, 5.74) is 0.647. The van der Waals surface area contributed by atoms with Gasteiger partial charge < -0.3 is 10.2 Å². The molecular formula is C26H29BrN6O3S. The molecule has 3 aromatic heterocycles. The van der Waals surface area contributed by atoms with Gasteiger partial charge in [-0.25, -0.2) is 14.7 Å². The van der Waals surface area contributed by atoms with Crippen molar-refractivity contribution in [2.75, 3.05) is 16.8 Å². The number of sulfonamides is 1. The van der Waals surface area contributed by atoms with Gasteiger partial charge in [-0.1, -0.05) is 19.1 Å². The summed E-state index contributed by atoms with van der Waals surface area (Å²) in [5, 5.41) is 3.14. The number of rotatable bonds is 1. The molecular weight excluding hydrogens is 556 g/mol. The van der Waals surface area contributed by atoms with Crippen LogP contribution in [0.2, 0.25) is 0 Å². The van der Waals surface area contributed by atoms with E-state index < -0.39 is 15.9 Å². The van der Waals surface area contributed by atoms with Crippen LogP contribution < -0.4 is 14.9 Å². The van der Waals surface area contributed by atoms with Crippen LogP contribution in [0, 0.1) is 5.41 Å². The number of hydrogen-bond donors (Lipinski definition) is 2. The van der Waals surface area contributed by atoms with E-state index in [0.717, 1.165) is 25.0 Å².